The third kappa shape index (κ3) is 8.46. The number of allylic oxidation sites excluding steroid dienone is 5. The fraction of sp³-hybridized carbons (Fsp3) is 0.355. The molecule has 0 spiro atoms. The zero-order valence-corrected chi connectivity index (χ0v) is 21.2. The van der Waals surface area contributed by atoms with Crippen LogP contribution in [-0.2, 0) is 6.42 Å². The lowest BCUT2D eigenvalue weighted by molar-refractivity contribution is 0.538. The van der Waals surface area contributed by atoms with Crippen molar-refractivity contribution >= 4 is 6.08 Å². The number of hydrogen-bond donors (Lipinski definition) is 2. The number of aryl methyl sites for hydroxylation is 2. The molecule has 2 nitrogen and oxygen atoms in total. The van der Waals surface area contributed by atoms with Crippen molar-refractivity contribution in [2.45, 2.75) is 66.7 Å². The molecule has 176 valence electrons. The summed E-state index contributed by atoms with van der Waals surface area (Å²) in [5.74, 6) is 0.577. The van der Waals surface area contributed by atoms with Crippen LogP contribution in [0.15, 0.2) is 89.9 Å². The van der Waals surface area contributed by atoms with Gasteiger partial charge in [0.1, 0.15) is 0 Å². The van der Waals surface area contributed by atoms with Crippen molar-refractivity contribution in [1.82, 2.24) is 5.32 Å². The summed E-state index contributed by atoms with van der Waals surface area (Å²) in [6.45, 7) is 15.5. The minimum absolute atomic E-state index is 0.577. The van der Waals surface area contributed by atoms with Crippen LogP contribution < -0.4 is 11.1 Å². The number of benzene rings is 2. The van der Waals surface area contributed by atoms with Gasteiger partial charge in [-0.1, -0.05) is 100 Å². The molecule has 3 N–H and O–H groups in total. The van der Waals surface area contributed by atoms with Gasteiger partial charge in [-0.25, -0.2) is 0 Å². The van der Waals surface area contributed by atoms with E-state index in [4.69, 9.17) is 5.73 Å². The maximum Gasteiger partial charge on any atom is 0.0189 e. The van der Waals surface area contributed by atoms with Crippen LogP contribution in [0.4, 0.5) is 0 Å². The van der Waals surface area contributed by atoms with Crippen LogP contribution in [-0.4, -0.2) is 0 Å². The lowest BCUT2D eigenvalue weighted by atomic mass is 9.90. The van der Waals surface area contributed by atoms with E-state index in [2.05, 4.69) is 107 Å². The molecule has 0 aliphatic carbocycles. The molecule has 1 unspecified atom stereocenters. The third-order valence-corrected chi connectivity index (χ3v) is 6.22. The van der Waals surface area contributed by atoms with Crippen molar-refractivity contribution in [3.63, 3.8) is 0 Å². The Morgan fingerprint density at radius 2 is 1.76 bits per heavy atom. The molecule has 0 amide bonds. The van der Waals surface area contributed by atoms with Gasteiger partial charge in [0.25, 0.3) is 0 Å². The summed E-state index contributed by atoms with van der Waals surface area (Å²) in [5, 5.41) is 3.74. The van der Waals surface area contributed by atoms with Gasteiger partial charge >= 0.3 is 0 Å². The van der Waals surface area contributed by atoms with E-state index < -0.39 is 0 Å². The van der Waals surface area contributed by atoms with Gasteiger partial charge in [-0.3, -0.25) is 0 Å². The lowest BCUT2D eigenvalue weighted by Crippen LogP contribution is -2.19. The van der Waals surface area contributed by atoms with E-state index in [0.717, 1.165) is 37.8 Å². The summed E-state index contributed by atoms with van der Waals surface area (Å²) in [7, 11) is 0. The SMILES string of the molecule is C=C(Cc1ccc(C)cc1)N/C(CC(C)CC)=C(C/C=C\N)\C(=C\c1ccccc1C)CC. The quantitative estimate of drug-likeness (QED) is 0.327. The molecule has 0 aliphatic rings. The Morgan fingerprint density at radius 3 is 2.36 bits per heavy atom. The van der Waals surface area contributed by atoms with Gasteiger partial charge in [-0.15, -0.1) is 0 Å². The molecule has 2 aromatic carbocycles. The van der Waals surface area contributed by atoms with Gasteiger partial charge in [-0.2, -0.15) is 0 Å². The van der Waals surface area contributed by atoms with Crippen LogP contribution in [0.5, 0.6) is 0 Å². The Kier molecular flexibility index (Phi) is 10.8. The Bertz CT molecular complexity index is 990. The van der Waals surface area contributed by atoms with Crippen LogP contribution in [0.1, 0.15) is 68.7 Å². The molecule has 2 aromatic rings. The van der Waals surface area contributed by atoms with Crippen LogP contribution in [0.2, 0.25) is 0 Å². The molecule has 0 aliphatic heterocycles. The zero-order valence-electron chi connectivity index (χ0n) is 21.2. The van der Waals surface area contributed by atoms with Gasteiger partial charge in [0.05, 0.1) is 0 Å². The van der Waals surface area contributed by atoms with Crippen molar-refractivity contribution in [2.75, 3.05) is 0 Å². The minimum Gasteiger partial charge on any atom is -0.405 e. The van der Waals surface area contributed by atoms with E-state index in [0.29, 0.717) is 5.92 Å². The van der Waals surface area contributed by atoms with Gasteiger partial charge < -0.3 is 11.1 Å². The molecule has 33 heavy (non-hydrogen) atoms. The molecule has 1 atom stereocenters. The minimum atomic E-state index is 0.577. The summed E-state index contributed by atoms with van der Waals surface area (Å²) < 4.78 is 0. The normalized spacial score (nSPS) is 13.7. The number of nitrogens with two attached hydrogens (primary N) is 1. The maximum absolute atomic E-state index is 5.78. The second kappa shape index (κ2) is 13.5. The van der Waals surface area contributed by atoms with E-state index in [9.17, 15) is 0 Å². The largest absolute Gasteiger partial charge is 0.405 e. The first-order valence-electron chi connectivity index (χ1n) is 12.2. The van der Waals surface area contributed by atoms with Gasteiger partial charge in [0.2, 0.25) is 0 Å². The summed E-state index contributed by atoms with van der Waals surface area (Å²) in [5.41, 5.74) is 15.8. The lowest BCUT2D eigenvalue weighted by Gasteiger charge is -2.23. The molecular weight excluding hydrogens is 400 g/mol. The Labute approximate surface area is 202 Å². The highest BCUT2D eigenvalue weighted by Gasteiger charge is 2.15. The van der Waals surface area contributed by atoms with E-state index in [1.165, 1.54) is 39.1 Å². The Morgan fingerprint density at radius 1 is 1.06 bits per heavy atom. The Hall–Kier alpha value is -3.00. The van der Waals surface area contributed by atoms with Crippen LogP contribution in [0.3, 0.4) is 0 Å². The predicted molar refractivity (Wildman–Crippen MR) is 146 cm³/mol. The highest BCUT2D eigenvalue weighted by molar-refractivity contribution is 5.62. The standard InChI is InChI=1S/C31H42N2/c1-7-23(3)20-31(33-26(6)21-27-17-15-24(4)16-18-27)30(14-11-19-32)28(8-2)22-29-13-10-9-12-25(29)5/h9-13,15-19,22-23,33H,6-8,14,20-21,32H2,1-5H3/b19-11-,28-22+,31-30-. The second-order valence-electron chi connectivity index (χ2n) is 9.08. The third-order valence-electron chi connectivity index (χ3n) is 6.22. The van der Waals surface area contributed by atoms with Gasteiger partial charge in [-0.05, 0) is 73.1 Å². The number of hydrogen-bond acceptors (Lipinski definition) is 2. The van der Waals surface area contributed by atoms with Crippen molar-refractivity contribution in [2.24, 2.45) is 11.7 Å². The van der Waals surface area contributed by atoms with E-state index >= 15 is 0 Å². The van der Waals surface area contributed by atoms with Crippen molar-refractivity contribution < 1.29 is 0 Å². The molecule has 0 bridgehead atoms. The van der Waals surface area contributed by atoms with Crippen molar-refractivity contribution in [3.8, 4) is 0 Å². The summed E-state index contributed by atoms with van der Waals surface area (Å²) >= 11 is 0. The fourth-order valence-corrected chi connectivity index (χ4v) is 3.93. The maximum atomic E-state index is 5.78. The number of nitrogens with one attached hydrogen (secondary N) is 1. The van der Waals surface area contributed by atoms with Crippen LogP contribution >= 0.6 is 0 Å². The van der Waals surface area contributed by atoms with Gasteiger partial charge in [0, 0.05) is 17.8 Å². The fourth-order valence-electron chi connectivity index (χ4n) is 3.93. The number of rotatable bonds is 12. The monoisotopic (exact) mass is 442 g/mol. The highest BCUT2D eigenvalue weighted by Crippen LogP contribution is 2.29. The van der Waals surface area contributed by atoms with Crippen LogP contribution in [0, 0.1) is 19.8 Å². The predicted octanol–water partition coefficient (Wildman–Crippen LogP) is 8.00. The first-order valence-corrected chi connectivity index (χ1v) is 12.2. The van der Waals surface area contributed by atoms with E-state index in [1.807, 2.05) is 0 Å². The summed E-state index contributed by atoms with van der Waals surface area (Å²) in [6.07, 6.45) is 10.8. The molecule has 0 saturated heterocycles. The Balaban J connectivity index is 2.48. The molecule has 2 rings (SSSR count). The van der Waals surface area contributed by atoms with E-state index in [1.54, 1.807) is 6.20 Å². The second-order valence-corrected chi connectivity index (χ2v) is 9.08. The summed E-state index contributed by atoms with van der Waals surface area (Å²) in [4.78, 5) is 0. The summed E-state index contributed by atoms with van der Waals surface area (Å²) in [6, 6.07) is 17.3. The molecule has 2 heteroatoms. The molecule has 0 heterocycles. The molecular formula is C31H42N2. The van der Waals surface area contributed by atoms with Gasteiger partial charge in [0.15, 0.2) is 0 Å². The van der Waals surface area contributed by atoms with Crippen molar-refractivity contribution in [1.29, 1.82) is 0 Å². The zero-order chi connectivity index (χ0) is 24.2. The molecule has 0 aromatic heterocycles. The highest BCUT2D eigenvalue weighted by atomic mass is 14.9. The first-order chi connectivity index (χ1) is 15.9. The topological polar surface area (TPSA) is 38.0 Å². The molecule has 0 fully saturated rings. The van der Waals surface area contributed by atoms with Crippen molar-refractivity contribution in [3.05, 3.63) is 112 Å². The molecule has 0 saturated carbocycles. The molecule has 0 radical (unpaired) electrons. The average Bonchev–Trinajstić information content (AvgIpc) is 2.80. The first kappa shape index (κ1) is 26.3. The van der Waals surface area contributed by atoms with E-state index in [-0.39, 0.29) is 0 Å². The average molecular weight is 443 g/mol. The van der Waals surface area contributed by atoms with Crippen LogP contribution in [0.25, 0.3) is 6.08 Å². The smallest absolute Gasteiger partial charge is 0.0189 e.